The molecular weight excluding hydrogens is 292 g/mol. The first kappa shape index (κ1) is 16.7. The van der Waals surface area contributed by atoms with Crippen LogP contribution in [0.15, 0.2) is 48.5 Å². The van der Waals surface area contributed by atoms with Crippen LogP contribution < -0.4 is 0 Å². The highest BCUT2D eigenvalue weighted by Crippen LogP contribution is 2.19. The summed E-state index contributed by atoms with van der Waals surface area (Å²) in [5.41, 5.74) is 2.20. The molecule has 2 aromatic carbocycles. The number of carbonyl (C=O) groups is 1. The minimum atomic E-state index is -0.434. The lowest BCUT2D eigenvalue weighted by Crippen LogP contribution is -2.32. The van der Waals surface area contributed by atoms with Gasteiger partial charge in [-0.3, -0.25) is 14.9 Å². The van der Waals surface area contributed by atoms with E-state index in [2.05, 4.69) is 0 Å². The molecule has 0 atom stereocenters. The molecule has 23 heavy (non-hydrogen) atoms. The Kier molecular flexibility index (Phi) is 5.46. The summed E-state index contributed by atoms with van der Waals surface area (Å²) in [6, 6.07) is 14.5. The summed E-state index contributed by atoms with van der Waals surface area (Å²) in [5.74, 6) is -0.0959. The van der Waals surface area contributed by atoms with Crippen molar-refractivity contribution in [1.82, 2.24) is 4.90 Å². The number of nitrogens with zero attached hydrogens (tertiary/aromatic N) is 2. The first-order valence-electron chi connectivity index (χ1n) is 7.61. The van der Waals surface area contributed by atoms with Crippen LogP contribution in [-0.4, -0.2) is 28.8 Å². The maximum absolute atomic E-state index is 12.6. The molecule has 0 radical (unpaired) electrons. The van der Waals surface area contributed by atoms with Crippen LogP contribution in [0.25, 0.3) is 0 Å². The van der Waals surface area contributed by atoms with Gasteiger partial charge in [-0.2, -0.15) is 0 Å². The summed E-state index contributed by atoms with van der Waals surface area (Å²) in [6.07, 6.45) is 0.784. The van der Waals surface area contributed by atoms with E-state index < -0.39 is 4.92 Å². The monoisotopic (exact) mass is 312 g/mol. The molecule has 5 nitrogen and oxygen atoms in total. The summed E-state index contributed by atoms with van der Waals surface area (Å²) in [4.78, 5) is 24.8. The quantitative estimate of drug-likeness (QED) is 0.604. The molecule has 0 spiro atoms. The van der Waals surface area contributed by atoms with Crippen molar-refractivity contribution in [3.05, 3.63) is 75.3 Å². The van der Waals surface area contributed by atoms with Crippen LogP contribution >= 0.6 is 0 Å². The van der Waals surface area contributed by atoms with Crippen molar-refractivity contribution < 1.29 is 9.72 Å². The highest BCUT2D eigenvalue weighted by Gasteiger charge is 2.17. The Morgan fingerprint density at radius 2 is 1.87 bits per heavy atom. The zero-order chi connectivity index (χ0) is 16.8. The Hall–Kier alpha value is -2.69. The number of hydrogen-bond acceptors (Lipinski definition) is 3. The number of aryl methyl sites for hydroxylation is 1. The molecule has 0 saturated carbocycles. The number of nitro benzene ring substituents is 1. The van der Waals surface area contributed by atoms with E-state index in [0.717, 1.165) is 6.42 Å². The second-order valence-corrected chi connectivity index (χ2v) is 5.38. The lowest BCUT2D eigenvalue weighted by molar-refractivity contribution is -0.385. The maximum atomic E-state index is 12.6. The Labute approximate surface area is 135 Å². The predicted octanol–water partition coefficient (Wildman–Crippen LogP) is 3.61. The van der Waals surface area contributed by atoms with Gasteiger partial charge < -0.3 is 4.90 Å². The van der Waals surface area contributed by atoms with Gasteiger partial charge in [0.25, 0.3) is 11.6 Å². The van der Waals surface area contributed by atoms with Gasteiger partial charge in [0.2, 0.25) is 0 Å². The molecule has 5 heteroatoms. The lowest BCUT2D eigenvalue weighted by atomic mass is 10.1. The molecule has 0 N–H and O–H groups in total. The Balaban J connectivity index is 2.10. The van der Waals surface area contributed by atoms with E-state index in [9.17, 15) is 14.9 Å². The van der Waals surface area contributed by atoms with E-state index in [0.29, 0.717) is 24.2 Å². The molecule has 2 aromatic rings. The van der Waals surface area contributed by atoms with E-state index in [-0.39, 0.29) is 11.6 Å². The molecule has 0 bridgehead atoms. The number of benzene rings is 2. The van der Waals surface area contributed by atoms with E-state index in [1.165, 1.54) is 17.7 Å². The largest absolute Gasteiger partial charge is 0.339 e. The number of nitro groups is 1. The van der Waals surface area contributed by atoms with Gasteiger partial charge in [0.15, 0.2) is 0 Å². The van der Waals surface area contributed by atoms with Crippen molar-refractivity contribution in [2.75, 3.05) is 13.1 Å². The summed E-state index contributed by atoms with van der Waals surface area (Å²) in [6.45, 7) is 4.80. The predicted molar refractivity (Wildman–Crippen MR) is 89.6 cm³/mol. The number of hydrogen-bond donors (Lipinski definition) is 0. The fourth-order valence-corrected chi connectivity index (χ4v) is 2.49. The zero-order valence-electron chi connectivity index (χ0n) is 13.4. The third-order valence-electron chi connectivity index (χ3n) is 3.82. The normalized spacial score (nSPS) is 10.3. The van der Waals surface area contributed by atoms with Gasteiger partial charge in [-0.05, 0) is 38.0 Å². The van der Waals surface area contributed by atoms with E-state index in [4.69, 9.17) is 0 Å². The van der Waals surface area contributed by atoms with Crippen LogP contribution in [0.1, 0.15) is 28.4 Å². The number of rotatable bonds is 6. The third kappa shape index (κ3) is 4.16. The molecule has 0 saturated heterocycles. The van der Waals surface area contributed by atoms with E-state index >= 15 is 0 Å². The van der Waals surface area contributed by atoms with Gasteiger partial charge in [-0.1, -0.05) is 30.3 Å². The van der Waals surface area contributed by atoms with Gasteiger partial charge >= 0.3 is 0 Å². The van der Waals surface area contributed by atoms with Crippen molar-refractivity contribution >= 4 is 11.6 Å². The van der Waals surface area contributed by atoms with Crippen LogP contribution in [0.2, 0.25) is 0 Å². The number of carbonyl (C=O) groups excluding carboxylic acids is 1. The standard InChI is InChI=1S/C18H20N2O3/c1-3-19(12-11-15-7-5-4-6-8-15)18(21)16-9-10-17(20(22)23)14(2)13-16/h4-10,13H,3,11-12H2,1-2H3. The van der Waals surface area contributed by atoms with Gasteiger partial charge in [0.1, 0.15) is 0 Å². The molecule has 0 unspecified atom stereocenters. The highest BCUT2D eigenvalue weighted by atomic mass is 16.6. The Morgan fingerprint density at radius 3 is 2.43 bits per heavy atom. The number of likely N-dealkylation sites (N-methyl/N-ethyl adjacent to an activating group) is 1. The minimum absolute atomic E-state index is 0.0360. The molecule has 0 heterocycles. The average molecular weight is 312 g/mol. The van der Waals surface area contributed by atoms with Crippen molar-refractivity contribution in [2.24, 2.45) is 0 Å². The first-order chi connectivity index (χ1) is 11.0. The lowest BCUT2D eigenvalue weighted by Gasteiger charge is -2.21. The van der Waals surface area contributed by atoms with Gasteiger partial charge in [0.05, 0.1) is 4.92 Å². The van der Waals surface area contributed by atoms with Crippen molar-refractivity contribution in [2.45, 2.75) is 20.3 Å². The molecule has 0 aromatic heterocycles. The van der Waals surface area contributed by atoms with Crippen LogP contribution in [0.5, 0.6) is 0 Å². The van der Waals surface area contributed by atoms with Crippen LogP contribution in [0.4, 0.5) is 5.69 Å². The second-order valence-electron chi connectivity index (χ2n) is 5.38. The second kappa shape index (κ2) is 7.54. The Morgan fingerprint density at radius 1 is 1.17 bits per heavy atom. The zero-order valence-corrected chi connectivity index (χ0v) is 13.4. The molecular formula is C18H20N2O3. The SMILES string of the molecule is CCN(CCc1ccccc1)C(=O)c1ccc([N+](=O)[O-])c(C)c1. The summed E-state index contributed by atoms with van der Waals surface area (Å²) in [7, 11) is 0. The molecule has 0 aliphatic rings. The highest BCUT2D eigenvalue weighted by molar-refractivity contribution is 5.94. The van der Waals surface area contributed by atoms with Gasteiger partial charge in [0, 0.05) is 30.3 Å². The first-order valence-corrected chi connectivity index (χ1v) is 7.61. The fourth-order valence-electron chi connectivity index (χ4n) is 2.49. The van der Waals surface area contributed by atoms with Crippen molar-refractivity contribution in [3.8, 4) is 0 Å². The van der Waals surface area contributed by atoms with Gasteiger partial charge in [-0.15, -0.1) is 0 Å². The summed E-state index contributed by atoms with van der Waals surface area (Å²) < 4.78 is 0. The van der Waals surface area contributed by atoms with E-state index in [1.54, 1.807) is 17.9 Å². The topological polar surface area (TPSA) is 63.5 Å². The summed E-state index contributed by atoms with van der Waals surface area (Å²) >= 11 is 0. The smallest absolute Gasteiger partial charge is 0.272 e. The van der Waals surface area contributed by atoms with E-state index in [1.807, 2.05) is 37.3 Å². The van der Waals surface area contributed by atoms with Gasteiger partial charge in [-0.25, -0.2) is 0 Å². The molecule has 120 valence electrons. The molecule has 0 aliphatic carbocycles. The third-order valence-corrected chi connectivity index (χ3v) is 3.82. The van der Waals surface area contributed by atoms with Crippen molar-refractivity contribution in [3.63, 3.8) is 0 Å². The molecule has 0 aliphatic heterocycles. The Bertz CT molecular complexity index is 699. The van der Waals surface area contributed by atoms with Crippen LogP contribution in [0.3, 0.4) is 0 Å². The minimum Gasteiger partial charge on any atom is -0.339 e. The van der Waals surface area contributed by atoms with Crippen molar-refractivity contribution in [1.29, 1.82) is 0 Å². The number of amides is 1. The summed E-state index contributed by atoms with van der Waals surface area (Å²) in [5, 5.41) is 10.9. The van der Waals surface area contributed by atoms with Crippen LogP contribution in [-0.2, 0) is 6.42 Å². The maximum Gasteiger partial charge on any atom is 0.272 e. The molecule has 2 rings (SSSR count). The molecule has 0 fully saturated rings. The van der Waals surface area contributed by atoms with Crippen LogP contribution in [0, 0.1) is 17.0 Å². The molecule has 1 amide bonds. The fraction of sp³-hybridized carbons (Fsp3) is 0.278. The average Bonchev–Trinajstić information content (AvgIpc) is 2.55.